The quantitative estimate of drug-likeness (QED) is 0.573. The third kappa shape index (κ3) is 6.60. The fourth-order valence-electron chi connectivity index (χ4n) is 3.25. The predicted molar refractivity (Wildman–Crippen MR) is 122 cm³/mol. The van der Waals surface area contributed by atoms with Crippen molar-refractivity contribution in [2.24, 2.45) is 10.7 Å². The molecule has 1 aliphatic rings. The van der Waals surface area contributed by atoms with E-state index in [1.165, 1.54) is 6.07 Å². The summed E-state index contributed by atoms with van der Waals surface area (Å²) >= 11 is 0. The van der Waals surface area contributed by atoms with Crippen molar-refractivity contribution in [3.05, 3.63) is 59.9 Å². The average molecular weight is 428 g/mol. The molecule has 1 saturated heterocycles. The van der Waals surface area contributed by atoms with Crippen LogP contribution in [0, 0.1) is 5.82 Å². The highest BCUT2D eigenvalue weighted by molar-refractivity contribution is 5.92. The number of anilines is 2. The molecule has 0 spiro atoms. The van der Waals surface area contributed by atoms with Gasteiger partial charge >= 0.3 is 6.09 Å². The fourth-order valence-corrected chi connectivity index (χ4v) is 3.25. The highest BCUT2D eigenvalue weighted by Gasteiger charge is 2.26. The third-order valence-corrected chi connectivity index (χ3v) is 4.76. The van der Waals surface area contributed by atoms with Gasteiger partial charge in [-0.3, -0.25) is 0 Å². The van der Waals surface area contributed by atoms with Gasteiger partial charge in [-0.05, 0) is 50.6 Å². The molecule has 2 aromatic carbocycles. The number of nitrogens with zero attached hydrogens (tertiary/aromatic N) is 3. The first-order valence-corrected chi connectivity index (χ1v) is 10.3. The van der Waals surface area contributed by atoms with Gasteiger partial charge in [-0.2, -0.15) is 0 Å². The zero-order chi connectivity index (χ0) is 22.4. The number of hydrogen-bond donors (Lipinski definition) is 2. The number of guanidine groups is 1. The van der Waals surface area contributed by atoms with E-state index >= 15 is 0 Å². The van der Waals surface area contributed by atoms with Crippen molar-refractivity contribution in [1.29, 1.82) is 0 Å². The number of nitrogens with two attached hydrogens (primary N) is 1. The van der Waals surface area contributed by atoms with Crippen LogP contribution in [0.5, 0.6) is 0 Å². The Balaban J connectivity index is 1.55. The molecule has 0 atom stereocenters. The number of benzene rings is 2. The lowest BCUT2D eigenvalue weighted by atomic mass is 10.1. The van der Waals surface area contributed by atoms with Crippen LogP contribution in [0.4, 0.5) is 20.6 Å². The lowest BCUT2D eigenvalue weighted by Gasteiger charge is -2.36. The molecule has 0 unspecified atom stereocenters. The molecule has 2 aromatic rings. The minimum absolute atomic E-state index is 0.272. The van der Waals surface area contributed by atoms with Crippen molar-refractivity contribution in [1.82, 2.24) is 4.90 Å². The highest BCUT2D eigenvalue weighted by atomic mass is 19.1. The number of para-hydroxylation sites is 1. The molecule has 3 rings (SSSR count). The Hall–Kier alpha value is -3.29. The summed E-state index contributed by atoms with van der Waals surface area (Å²) in [5, 5.41) is 3.00. The smallest absolute Gasteiger partial charge is 0.410 e. The first-order valence-electron chi connectivity index (χ1n) is 10.3. The Bertz CT molecular complexity index is 919. The molecule has 8 heteroatoms. The number of carbonyl (C=O) groups excluding carboxylic acids is 1. The number of piperazine rings is 1. The summed E-state index contributed by atoms with van der Waals surface area (Å²) in [6, 6.07) is 14.6. The molecule has 1 amide bonds. The van der Waals surface area contributed by atoms with E-state index in [4.69, 9.17) is 10.5 Å². The van der Waals surface area contributed by atoms with Gasteiger partial charge in [-0.25, -0.2) is 14.2 Å². The largest absolute Gasteiger partial charge is 0.444 e. The standard InChI is InChI=1S/C23H30FN5O2/c1-23(2,3)31-22(30)29-13-11-28(12-14-29)20-10-9-17(15-19(20)24)16-26-21(25)27-18-7-5-4-6-8-18/h4-10,15H,11-14,16H2,1-3H3,(H3,25,26,27). The van der Waals surface area contributed by atoms with Crippen molar-refractivity contribution in [2.75, 3.05) is 36.4 Å². The zero-order valence-electron chi connectivity index (χ0n) is 18.3. The minimum Gasteiger partial charge on any atom is -0.444 e. The molecule has 1 aliphatic heterocycles. The number of rotatable bonds is 4. The summed E-state index contributed by atoms with van der Waals surface area (Å²) < 4.78 is 20.1. The second kappa shape index (κ2) is 9.68. The first kappa shape index (κ1) is 22.4. The van der Waals surface area contributed by atoms with Crippen molar-refractivity contribution in [3.63, 3.8) is 0 Å². The molecule has 0 radical (unpaired) electrons. The molecule has 1 heterocycles. The van der Waals surface area contributed by atoms with E-state index in [-0.39, 0.29) is 24.4 Å². The van der Waals surface area contributed by atoms with Crippen LogP contribution >= 0.6 is 0 Å². The van der Waals surface area contributed by atoms with Crippen LogP contribution in [0.15, 0.2) is 53.5 Å². The van der Waals surface area contributed by atoms with Crippen LogP contribution < -0.4 is 16.0 Å². The van der Waals surface area contributed by atoms with Gasteiger partial charge in [0.15, 0.2) is 5.96 Å². The SMILES string of the molecule is CC(C)(C)OC(=O)N1CCN(c2ccc(CN=C(N)Nc3ccccc3)cc2F)CC1. The maximum Gasteiger partial charge on any atom is 0.410 e. The number of amides is 1. The number of hydrogen-bond acceptors (Lipinski definition) is 4. The van der Waals surface area contributed by atoms with Crippen LogP contribution in [0.3, 0.4) is 0 Å². The maximum absolute atomic E-state index is 14.7. The van der Waals surface area contributed by atoms with Crippen molar-refractivity contribution < 1.29 is 13.9 Å². The Morgan fingerprint density at radius 1 is 1.13 bits per heavy atom. The fraction of sp³-hybridized carbons (Fsp3) is 0.391. The molecule has 0 aliphatic carbocycles. The molecule has 166 valence electrons. The van der Waals surface area contributed by atoms with E-state index in [0.29, 0.717) is 31.9 Å². The molecule has 0 aromatic heterocycles. The van der Waals surface area contributed by atoms with E-state index in [9.17, 15) is 9.18 Å². The summed E-state index contributed by atoms with van der Waals surface area (Å²) in [7, 11) is 0. The van der Waals surface area contributed by atoms with Crippen LogP contribution in [-0.2, 0) is 11.3 Å². The highest BCUT2D eigenvalue weighted by Crippen LogP contribution is 2.23. The Morgan fingerprint density at radius 3 is 2.42 bits per heavy atom. The molecule has 0 bridgehead atoms. The van der Waals surface area contributed by atoms with Crippen molar-refractivity contribution in [2.45, 2.75) is 32.9 Å². The molecular weight excluding hydrogens is 397 g/mol. The molecule has 1 fully saturated rings. The normalized spacial score (nSPS) is 15.0. The van der Waals surface area contributed by atoms with Gasteiger partial charge in [0, 0.05) is 31.9 Å². The lowest BCUT2D eigenvalue weighted by Crippen LogP contribution is -2.50. The Labute approximate surface area is 182 Å². The lowest BCUT2D eigenvalue weighted by molar-refractivity contribution is 0.0240. The predicted octanol–water partition coefficient (Wildman–Crippen LogP) is 3.81. The molecule has 3 N–H and O–H groups in total. The van der Waals surface area contributed by atoms with E-state index in [2.05, 4.69) is 10.3 Å². The minimum atomic E-state index is -0.529. The van der Waals surface area contributed by atoms with E-state index in [0.717, 1.165) is 11.3 Å². The maximum atomic E-state index is 14.7. The van der Waals surface area contributed by atoms with E-state index in [1.807, 2.05) is 62.1 Å². The van der Waals surface area contributed by atoms with Crippen molar-refractivity contribution >= 4 is 23.4 Å². The van der Waals surface area contributed by atoms with E-state index < -0.39 is 5.60 Å². The number of aliphatic imine (C=N–C) groups is 1. The summed E-state index contributed by atoms with van der Waals surface area (Å²) in [6.45, 7) is 7.86. The van der Waals surface area contributed by atoms with Gasteiger partial charge in [0.25, 0.3) is 0 Å². The topological polar surface area (TPSA) is 83.2 Å². The van der Waals surface area contributed by atoms with Gasteiger partial charge in [-0.1, -0.05) is 24.3 Å². The van der Waals surface area contributed by atoms with Gasteiger partial charge < -0.3 is 25.6 Å². The van der Waals surface area contributed by atoms with Gasteiger partial charge in [0.1, 0.15) is 11.4 Å². The zero-order valence-corrected chi connectivity index (χ0v) is 18.3. The number of ether oxygens (including phenoxy) is 1. The first-order chi connectivity index (χ1) is 14.7. The van der Waals surface area contributed by atoms with Crippen LogP contribution in [0.1, 0.15) is 26.3 Å². The molecule has 7 nitrogen and oxygen atoms in total. The monoisotopic (exact) mass is 427 g/mol. The van der Waals surface area contributed by atoms with Gasteiger partial charge in [-0.15, -0.1) is 0 Å². The number of carbonyl (C=O) groups is 1. The van der Waals surface area contributed by atoms with Crippen LogP contribution in [0.25, 0.3) is 0 Å². The molecule has 0 saturated carbocycles. The Morgan fingerprint density at radius 2 is 1.81 bits per heavy atom. The van der Waals surface area contributed by atoms with Gasteiger partial charge in [0.2, 0.25) is 0 Å². The second-order valence-corrected chi connectivity index (χ2v) is 8.43. The summed E-state index contributed by atoms with van der Waals surface area (Å²) in [4.78, 5) is 20.1. The van der Waals surface area contributed by atoms with Gasteiger partial charge in [0.05, 0.1) is 12.2 Å². The summed E-state index contributed by atoms with van der Waals surface area (Å²) in [5.74, 6) is -0.0399. The second-order valence-electron chi connectivity index (χ2n) is 8.43. The summed E-state index contributed by atoms with van der Waals surface area (Å²) in [5.41, 5.74) is 7.47. The van der Waals surface area contributed by atoms with Crippen LogP contribution in [-0.4, -0.2) is 48.7 Å². The summed E-state index contributed by atoms with van der Waals surface area (Å²) in [6.07, 6.45) is -0.331. The third-order valence-electron chi connectivity index (χ3n) is 4.76. The van der Waals surface area contributed by atoms with Crippen molar-refractivity contribution in [3.8, 4) is 0 Å². The Kier molecular flexibility index (Phi) is 6.99. The molecular formula is C23H30FN5O2. The molecule has 31 heavy (non-hydrogen) atoms. The average Bonchev–Trinajstić information content (AvgIpc) is 2.72. The van der Waals surface area contributed by atoms with E-state index in [1.54, 1.807) is 11.0 Å². The van der Waals surface area contributed by atoms with Crippen LogP contribution in [0.2, 0.25) is 0 Å². The number of nitrogens with one attached hydrogen (secondary N) is 1. The number of halogens is 1.